The third-order valence-corrected chi connectivity index (χ3v) is 9.96. The summed E-state index contributed by atoms with van der Waals surface area (Å²) in [5, 5.41) is 3.10. The van der Waals surface area contributed by atoms with Crippen molar-refractivity contribution >= 4 is 21.6 Å². The van der Waals surface area contributed by atoms with Crippen LogP contribution in [0.15, 0.2) is 18.2 Å². The number of rotatable bonds is 6. The predicted octanol–water partition coefficient (Wildman–Crippen LogP) is 4.30. The lowest BCUT2D eigenvalue weighted by Gasteiger charge is -2.52. The Bertz CT molecular complexity index is 994. The van der Waals surface area contributed by atoms with E-state index in [1.165, 1.54) is 24.0 Å². The zero-order valence-electron chi connectivity index (χ0n) is 21.5. The molecule has 0 aromatic heterocycles. The molecule has 0 radical (unpaired) electrons. The molecule has 0 unspecified atom stereocenters. The van der Waals surface area contributed by atoms with Crippen molar-refractivity contribution < 1.29 is 13.2 Å². The number of anilines is 1. The maximum atomic E-state index is 13.0. The number of hydrogen-bond donors (Lipinski definition) is 1. The second kappa shape index (κ2) is 9.90. The van der Waals surface area contributed by atoms with E-state index < -0.39 is 10.0 Å². The second-order valence-corrected chi connectivity index (χ2v) is 14.3. The van der Waals surface area contributed by atoms with E-state index >= 15 is 0 Å². The number of likely N-dealkylation sites (tertiary alicyclic amines) is 1. The van der Waals surface area contributed by atoms with Crippen molar-refractivity contribution in [3.05, 3.63) is 29.3 Å². The number of amides is 1. The van der Waals surface area contributed by atoms with E-state index in [1.54, 1.807) is 4.31 Å². The van der Waals surface area contributed by atoms with Gasteiger partial charge in [0.05, 0.1) is 12.3 Å². The lowest BCUT2D eigenvalue weighted by Crippen LogP contribution is -2.56. The molecule has 1 aliphatic carbocycles. The Hall–Kier alpha value is -1.44. The van der Waals surface area contributed by atoms with Crippen molar-refractivity contribution in [2.75, 3.05) is 43.8 Å². The van der Waals surface area contributed by atoms with E-state index in [0.29, 0.717) is 19.6 Å². The monoisotopic (exact) mass is 489 g/mol. The van der Waals surface area contributed by atoms with Gasteiger partial charge in [-0.15, -0.1) is 0 Å². The molecular formula is C27H43N3O3S. The van der Waals surface area contributed by atoms with E-state index in [0.717, 1.165) is 50.9 Å². The Kier molecular flexibility index (Phi) is 7.47. The van der Waals surface area contributed by atoms with E-state index in [-0.39, 0.29) is 28.4 Å². The molecule has 190 valence electrons. The van der Waals surface area contributed by atoms with Gasteiger partial charge >= 0.3 is 0 Å². The molecule has 0 bridgehead atoms. The van der Waals surface area contributed by atoms with Crippen LogP contribution in [0.4, 0.5) is 5.69 Å². The number of sulfonamides is 1. The first-order valence-corrected chi connectivity index (χ1v) is 14.7. The van der Waals surface area contributed by atoms with Gasteiger partial charge in [-0.25, -0.2) is 12.7 Å². The van der Waals surface area contributed by atoms with Crippen LogP contribution in [0.25, 0.3) is 0 Å². The van der Waals surface area contributed by atoms with Crippen molar-refractivity contribution in [2.45, 2.75) is 72.6 Å². The molecule has 2 saturated heterocycles. The molecule has 7 heteroatoms. The van der Waals surface area contributed by atoms with Crippen LogP contribution in [0.5, 0.6) is 0 Å². The van der Waals surface area contributed by atoms with Crippen molar-refractivity contribution in [2.24, 2.45) is 16.7 Å². The van der Waals surface area contributed by atoms with Crippen LogP contribution in [0.2, 0.25) is 0 Å². The summed E-state index contributed by atoms with van der Waals surface area (Å²) in [7, 11) is -3.25. The standard InChI is InChI=1S/C27H43N3O3S/c1-21(2)17-34(32,33)30-19-26(3,4)18-27(20-30)11-13-29(14-12-27)16-25(31)28-24-10-9-22-7-5-6-8-23(22)15-24/h9-10,15,21H,5-8,11-14,16-20H2,1-4H3,(H,28,31). The van der Waals surface area contributed by atoms with Crippen LogP contribution in [0.3, 0.4) is 0 Å². The van der Waals surface area contributed by atoms with Crippen LogP contribution in [0.1, 0.15) is 70.9 Å². The first-order chi connectivity index (χ1) is 16.0. The first-order valence-electron chi connectivity index (χ1n) is 13.1. The molecule has 1 aromatic rings. The van der Waals surface area contributed by atoms with Crippen molar-refractivity contribution in [1.29, 1.82) is 0 Å². The van der Waals surface area contributed by atoms with Gasteiger partial charge in [-0.05, 0) is 98.0 Å². The average Bonchev–Trinajstić information content (AvgIpc) is 2.73. The minimum atomic E-state index is -3.25. The summed E-state index contributed by atoms with van der Waals surface area (Å²) in [6.07, 6.45) is 7.66. The lowest BCUT2D eigenvalue weighted by atomic mass is 9.65. The van der Waals surface area contributed by atoms with Crippen LogP contribution < -0.4 is 5.32 Å². The molecule has 2 aliphatic heterocycles. The highest BCUT2D eigenvalue weighted by Gasteiger charge is 2.47. The van der Waals surface area contributed by atoms with Crippen molar-refractivity contribution in [1.82, 2.24) is 9.21 Å². The Morgan fingerprint density at radius 1 is 1.06 bits per heavy atom. The maximum Gasteiger partial charge on any atom is 0.238 e. The summed E-state index contributed by atoms with van der Waals surface area (Å²) in [4.78, 5) is 15.0. The SMILES string of the molecule is CC(C)CS(=O)(=O)N1CC(C)(C)CC2(CCN(CC(=O)Nc3ccc4c(c3)CCCC4)CC2)C1. The minimum Gasteiger partial charge on any atom is -0.325 e. The fourth-order valence-corrected chi connectivity index (χ4v) is 8.56. The molecule has 1 N–H and O–H groups in total. The lowest BCUT2D eigenvalue weighted by molar-refractivity contribution is -0.118. The van der Waals surface area contributed by atoms with Crippen LogP contribution in [-0.2, 0) is 27.7 Å². The van der Waals surface area contributed by atoms with Gasteiger partial charge in [0.2, 0.25) is 15.9 Å². The number of nitrogens with zero attached hydrogens (tertiary/aromatic N) is 2. The normalized spacial score (nSPS) is 23.1. The number of nitrogens with one attached hydrogen (secondary N) is 1. The Labute approximate surface area is 206 Å². The quantitative estimate of drug-likeness (QED) is 0.647. The molecule has 34 heavy (non-hydrogen) atoms. The Morgan fingerprint density at radius 3 is 2.41 bits per heavy atom. The molecule has 4 rings (SSSR count). The maximum absolute atomic E-state index is 13.0. The van der Waals surface area contributed by atoms with Gasteiger partial charge in [0.15, 0.2) is 0 Å². The number of hydrogen-bond acceptors (Lipinski definition) is 4. The molecule has 3 aliphatic rings. The highest BCUT2D eigenvalue weighted by Crippen LogP contribution is 2.47. The molecule has 2 fully saturated rings. The first kappa shape index (κ1) is 25.6. The number of carbonyl (C=O) groups excluding carboxylic acids is 1. The third kappa shape index (κ3) is 6.21. The van der Waals surface area contributed by atoms with Crippen molar-refractivity contribution in [3.63, 3.8) is 0 Å². The number of piperidine rings is 2. The Morgan fingerprint density at radius 2 is 1.74 bits per heavy atom. The molecule has 1 amide bonds. The molecule has 0 saturated carbocycles. The molecule has 2 heterocycles. The molecule has 6 nitrogen and oxygen atoms in total. The third-order valence-electron chi connectivity index (χ3n) is 7.82. The van der Waals surface area contributed by atoms with Gasteiger partial charge in [0.25, 0.3) is 0 Å². The van der Waals surface area contributed by atoms with Crippen LogP contribution in [0, 0.1) is 16.7 Å². The number of aryl methyl sites for hydroxylation is 2. The highest BCUT2D eigenvalue weighted by molar-refractivity contribution is 7.89. The second-order valence-electron chi connectivity index (χ2n) is 12.3. The minimum absolute atomic E-state index is 0.0112. The highest BCUT2D eigenvalue weighted by atomic mass is 32.2. The Balaban J connectivity index is 1.34. The zero-order chi connectivity index (χ0) is 24.6. The number of benzene rings is 1. The summed E-state index contributed by atoms with van der Waals surface area (Å²) >= 11 is 0. The van der Waals surface area contributed by atoms with Crippen LogP contribution >= 0.6 is 0 Å². The molecule has 1 aromatic carbocycles. The van der Waals surface area contributed by atoms with Gasteiger partial charge in [-0.2, -0.15) is 0 Å². The van der Waals surface area contributed by atoms with Gasteiger partial charge in [0.1, 0.15) is 0 Å². The van der Waals surface area contributed by atoms with Crippen LogP contribution in [-0.4, -0.2) is 62.0 Å². The smallest absolute Gasteiger partial charge is 0.238 e. The topological polar surface area (TPSA) is 69.7 Å². The predicted molar refractivity (Wildman–Crippen MR) is 138 cm³/mol. The fourth-order valence-electron chi connectivity index (χ4n) is 6.49. The fraction of sp³-hybridized carbons (Fsp3) is 0.741. The summed E-state index contributed by atoms with van der Waals surface area (Å²) in [5.74, 6) is 0.381. The van der Waals surface area contributed by atoms with Gasteiger partial charge in [0, 0.05) is 18.8 Å². The average molecular weight is 490 g/mol. The van der Waals surface area contributed by atoms with Gasteiger partial charge in [-0.3, -0.25) is 9.69 Å². The van der Waals surface area contributed by atoms with E-state index in [9.17, 15) is 13.2 Å². The summed E-state index contributed by atoms with van der Waals surface area (Å²) in [5.41, 5.74) is 3.68. The zero-order valence-corrected chi connectivity index (χ0v) is 22.3. The summed E-state index contributed by atoms with van der Waals surface area (Å²) in [6.45, 7) is 11.6. The summed E-state index contributed by atoms with van der Waals surface area (Å²) < 4.78 is 27.9. The van der Waals surface area contributed by atoms with E-state index in [1.807, 2.05) is 19.9 Å². The summed E-state index contributed by atoms with van der Waals surface area (Å²) in [6, 6.07) is 6.34. The molecule has 0 atom stereocenters. The van der Waals surface area contributed by atoms with E-state index in [4.69, 9.17) is 0 Å². The molecular weight excluding hydrogens is 446 g/mol. The largest absolute Gasteiger partial charge is 0.325 e. The van der Waals surface area contributed by atoms with E-state index in [2.05, 4.69) is 36.2 Å². The number of carbonyl (C=O) groups is 1. The van der Waals surface area contributed by atoms with Gasteiger partial charge in [-0.1, -0.05) is 33.8 Å². The number of fused-ring (bicyclic) bond motifs is 1. The van der Waals surface area contributed by atoms with Crippen molar-refractivity contribution in [3.8, 4) is 0 Å². The van der Waals surface area contributed by atoms with Gasteiger partial charge < -0.3 is 5.32 Å². The molecule has 1 spiro atoms.